The average molecular weight is 210 g/mol. The summed E-state index contributed by atoms with van der Waals surface area (Å²) >= 11 is 1.41. The molecule has 4 nitrogen and oxygen atoms in total. The molecule has 0 fully saturated rings. The number of nitrogens with zero attached hydrogens (tertiary/aromatic N) is 1. The summed E-state index contributed by atoms with van der Waals surface area (Å²) in [6.45, 7) is 0.278. The van der Waals surface area contributed by atoms with E-state index in [1.54, 1.807) is 0 Å². The predicted molar refractivity (Wildman–Crippen MR) is 57.4 cm³/mol. The minimum absolute atomic E-state index is 0.278. The van der Waals surface area contributed by atoms with E-state index < -0.39 is 0 Å². The van der Waals surface area contributed by atoms with Crippen LogP contribution in [0.2, 0.25) is 0 Å². The third-order valence-corrected chi connectivity index (χ3v) is 2.31. The van der Waals surface area contributed by atoms with Crippen LogP contribution >= 0.6 is 11.8 Å². The van der Waals surface area contributed by atoms with Crippen molar-refractivity contribution in [3.8, 4) is 11.5 Å². The average Bonchev–Trinajstić information content (AvgIpc) is 2.64. The molecule has 0 unspecified atom stereocenters. The number of hydrogen-bond donors (Lipinski definition) is 1. The molecule has 0 atom stereocenters. The molecular formula is C9H10N2O2S. The second-order valence-corrected chi connectivity index (χ2v) is 3.52. The molecule has 0 radical (unpaired) electrons. The maximum Gasteiger partial charge on any atom is 0.231 e. The quantitative estimate of drug-likeness (QED) is 0.566. The number of thioether (sulfide) groups is 1. The summed E-state index contributed by atoms with van der Waals surface area (Å²) in [6.07, 6.45) is 1.88. The summed E-state index contributed by atoms with van der Waals surface area (Å²) in [5.41, 5.74) is 6.37. The lowest BCUT2D eigenvalue weighted by atomic mass is 10.3. The molecule has 0 saturated carbocycles. The van der Waals surface area contributed by atoms with Crippen LogP contribution < -0.4 is 15.2 Å². The Labute approximate surface area is 86.1 Å². The van der Waals surface area contributed by atoms with Crippen molar-refractivity contribution in [1.82, 2.24) is 0 Å². The van der Waals surface area contributed by atoms with Crippen molar-refractivity contribution in [3.05, 3.63) is 18.2 Å². The van der Waals surface area contributed by atoms with E-state index in [9.17, 15) is 0 Å². The van der Waals surface area contributed by atoms with E-state index >= 15 is 0 Å². The molecule has 5 heteroatoms. The maximum atomic E-state index is 5.59. The number of fused-ring (bicyclic) bond motifs is 1. The van der Waals surface area contributed by atoms with E-state index in [1.807, 2.05) is 24.5 Å². The first-order chi connectivity index (χ1) is 6.79. The summed E-state index contributed by atoms with van der Waals surface area (Å²) in [5.74, 6) is 1.48. The number of aliphatic imine (C=N–C) groups is 1. The van der Waals surface area contributed by atoms with Gasteiger partial charge in [0.25, 0.3) is 0 Å². The Hall–Kier alpha value is -1.36. The fourth-order valence-electron chi connectivity index (χ4n) is 1.13. The van der Waals surface area contributed by atoms with E-state index in [0.29, 0.717) is 5.17 Å². The van der Waals surface area contributed by atoms with Crippen LogP contribution in [0.15, 0.2) is 23.2 Å². The van der Waals surface area contributed by atoms with Crippen molar-refractivity contribution in [2.75, 3.05) is 13.0 Å². The van der Waals surface area contributed by atoms with E-state index in [4.69, 9.17) is 15.2 Å². The molecule has 0 bridgehead atoms. The molecule has 1 aliphatic heterocycles. The molecule has 0 aliphatic carbocycles. The Morgan fingerprint density at radius 1 is 1.43 bits per heavy atom. The van der Waals surface area contributed by atoms with Gasteiger partial charge in [0, 0.05) is 6.07 Å². The molecule has 1 aromatic carbocycles. The second kappa shape index (κ2) is 3.79. The lowest BCUT2D eigenvalue weighted by Gasteiger charge is -1.98. The van der Waals surface area contributed by atoms with Crippen LogP contribution in [0, 0.1) is 0 Å². The second-order valence-electron chi connectivity index (χ2n) is 2.69. The smallest absolute Gasteiger partial charge is 0.231 e. The number of hydrogen-bond acceptors (Lipinski definition) is 4. The molecule has 2 rings (SSSR count). The minimum atomic E-state index is 0.278. The lowest BCUT2D eigenvalue weighted by Crippen LogP contribution is -2.03. The van der Waals surface area contributed by atoms with Crippen LogP contribution in [0.3, 0.4) is 0 Å². The van der Waals surface area contributed by atoms with Gasteiger partial charge >= 0.3 is 0 Å². The number of rotatable bonds is 1. The van der Waals surface area contributed by atoms with Crippen molar-refractivity contribution in [2.24, 2.45) is 10.7 Å². The molecule has 14 heavy (non-hydrogen) atoms. The Bertz CT molecular complexity index is 379. The highest BCUT2D eigenvalue weighted by Gasteiger charge is 2.12. The first-order valence-corrected chi connectivity index (χ1v) is 5.30. The van der Waals surface area contributed by atoms with Crippen molar-refractivity contribution in [1.29, 1.82) is 0 Å². The normalized spacial score (nSPS) is 14.5. The fourth-order valence-corrected chi connectivity index (χ4v) is 1.32. The first-order valence-electron chi connectivity index (χ1n) is 4.07. The van der Waals surface area contributed by atoms with Crippen LogP contribution in [0.4, 0.5) is 5.69 Å². The van der Waals surface area contributed by atoms with Gasteiger partial charge in [0.05, 0.1) is 5.69 Å². The summed E-state index contributed by atoms with van der Waals surface area (Å²) in [7, 11) is 0. The highest BCUT2D eigenvalue weighted by molar-refractivity contribution is 8.13. The summed E-state index contributed by atoms with van der Waals surface area (Å²) in [4.78, 5) is 4.18. The van der Waals surface area contributed by atoms with Gasteiger partial charge in [0.2, 0.25) is 6.79 Å². The highest BCUT2D eigenvalue weighted by Crippen LogP contribution is 2.35. The van der Waals surface area contributed by atoms with Crippen molar-refractivity contribution in [2.45, 2.75) is 0 Å². The van der Waals surface area contributed by atoms with Gasteiger partial charge in [-0.05, 0) is 18.4 Å². The molecule has 1 aromatic rings. The highest BCUT2D eigenvalue weighted by atomic mass is 32.2. The van der Waals surface area contributed by atoms with E-state index in [1.165, 1.54) is 11.8 Å². The molecule has 74 valence electrons. The van der Waals surface area contributed by atoms with Crippen molar-refractivity contribution in [3.63, 3.8) is 0 Å². The number of amidine groups is 1. The van der Waals surface area contributed by atoms with E-state index in [0.717, 1.165) is 17.2 Å². The van der Waals surface area contributed by atoms with Crippen LogP contribution in [-0.2, 0) is 0 Å². The topological polar surface area (TPSA) is 56.8 Å². The zero-order valence-corrected chi connectivity index (χ0v) is 8.50. The minimum Gasteiger partial charge on any atom is -0.454 e. The Kier molecular flexibility index (Phi) is 2.49. The fraction of sp³-hybridized carbons (Fsp3) is 0.222. The molecular weight excluding hydrogens is 200 g/mol. The van der Waals surface area contributed by atoms with Gasteiger partial charge in [-0.3, -0.25) is 0 Å². The monoisotopic (exact) mass is 210 g/mol. The van der Waals surface area contributed by atoms with Crippen molar-refractivity contribution >= 4 is 22.6 Å². The number of benzene rings is 1. The maximum absolute atomic E-state index is 5.59. The molecule has 0 aromatic heterocycles. The number of nitrogens with two attached hydrogens (primary N) is 1. The third-order valence-electron chi connectivity index (χ3n) is 1.80. The summed E-state index contributed by atoms with van der Waals surface area (Å²) in [5, 5.41) is 0.531. The Morgan fingerprint density at radius 2 is 2.21 bits per heavy atom. The van der Waals surface area contributed by atoms with Gasteiger partial charge < -0.3 is 15.2 Å². The zero-order chi connectivity index (χ0) is 9.97. The standard InChI is InChI=1S/C9H10N2O2S/c1-14-9(10)11-6-2-3-7-8(4-6)13-5-12-7/h2-4H,5H2,1H3,(H2,10,11). The van der Waals surface area contributed by atoms with Crippen LogP contribution in [0.25, 0.3) is 0 Å². The Balaban J connectivity index is 2.29. The summed E-state index contributed by atoms with van der Waals surface area (Å²) in [6, 6.07) is 5.48. The largest absolute Gasteiger partial charge is 0.454 e. The van der Waals surface area contributed by atoms with Crippen LogP contribution in [-0.4, -0.2) is 18.2 Å². The van der Waals surface area contributed by atoms with E-state index in [-0.39, 0.29) is 6.79 Å². The molecule has 0 amide bonds. The molecule has 0 saturated heterocycles. The third kappa shape index (κ3) is 1.77. The van der Waals surface area contributed by atoms with Crippen molar-refractivity contribution < 1.29 is 9.47 Å². The predicted octanol–water partition coefficient (Wildman–Crippen LogP) is 1.72. The Morgan fingerprint density at radius 3 is 3.00 bits per heavy atom. The van der Waals surface area contributed by atoms with Gasteiger partial charge in [-0.15, -0.1) is 0 Å². The SMILES string of the molecule is CSC(N)=Nc1ccc2c(c1)OCO2. The number of ether oxygens (including phenoxy) is 2. The van der Waals surface area contributed by atoms with Gasteiger partial charge in [0.1, 0.15) is 0 Å². The van der Waals surface area contributed by atoms with E-state index in [2.05, 4.69) is 4.99 Å². The van der Waals surface area contributed by atoms with Gasteiger partial charge in [-0.25, -0.2) is 4.99 Å². The first kappa shape index (κ1) is 9.21. The molecule has 1 aliphatic rings. The lowest BCUT2D eigenvalue weighted by molar-refractivity contribution is 0.174. The van der Waals surface area contributed by atoms with Crippen LogP contribution in [0.5, 0.6) is 11.5 Å². The molecule has 1 heterocycles. The summed E-state index contributed by atoms with van der Waals surface area (Å²) < 4.78 is 10.4. The zero-order valence-electron chi connectivity index (χ0n) is 7.69. The van der Waals surface area contributed by atoms with Gasteiger partial charge in [0.15, 0.2) is 16.7 Å². The van der Waals surface area contributed by atoms with Gasteiger partial charge in [-0.2, -0.15) is 0 Å². The van der Waals surface area contributed by atoms with Crippen LogP contribution in [0.1, 0.15) is 0 Å². The molecule has 0 spiro atoms. The van der Waals surface area contributed by atoms with Gasteiger partial charge in [-0.1, -0.05) is 11.8 Å². The molecule has 2 N–H and O–H groups in total.